The zero-order valence-electron chi connectivity index (χ0n) is 11.8. The van der Waals surface area contributed by atoms with E-state index >= 15 is 0 Å². The number of nitriles is 1. The van der Waals surface area contributed by atoms with Crippen molar-refractivity contribution in [2.45, 2.75) is 44.6 Å². The second kappa shape index (κ2) is 6.28. The van der Waals surface area contributed by atoms with E-state index in [0.29, 0.717) is 18.2 Å². The summed E-state index contributed by atoms with van der Waals surface area (Å²) in [5, 5.41) is 18.2. The number of benzene rings is 1. The Bertz CT molecular complexity index is 648. The highest BCUT2D eigenvalue weighted by Crippen LogP contribution is 2.33. The Morgan fingerprint density at radius 2 is 1.90 bits per heavy atom. The van der Waals surface area contributed by atoms with Gasteiger partial charge in [-0.3, -0.25) is 0 Å². The van der Waals surface area contributed by atoms with E-state index in [1.807, 2.05) is 28.9 Å². The molecule has 1 aliphatic carbocycles. The second-order valence-corrected chi connectivity index (χ2v) is 5.99. The summed E-state index contributed by atoms with van der Waals surface area (Å²) in [6, 6.07) is 9.91. The lowest BCUT2D eigenvalue weighted by Gasteiger charge is -2.22. The lowest BCUT2D eigenvalue weighted by atomic mass is 9.86. The zero-order chi connectivity index (χ0) is 14.7. The molecule has 4 nitrogen and oxygen atoms in total. The number of nitrogens with zero attached hydrogens (tertiary/aromatic N) is 4. The molecule has 1 heterocycles. The van der Waals surface area contributed by atoms with Crippen LogP contribution in [0.4, 0.5) is 0 Å². The minimum Gasteiger partial charge on any atom is -0.243 e. The Morgan fingerprint density at radius 3 is 2.57 bits per heavy atom. The van der Waals surface area contributed by atoms with Gasteiger partial charge in [-0.25, -0.2) is 4.68 Å². The summed E-state index contributed by atoms with van der Waals surface area (Å²) in [7, 11) is 0. The SMILES string of the molecule is N#Cc1nnn(Cc2ccc(Cl)cc2)c1C1CCCCC1. The summed E-state index contributed by atoms with van der Waals surface area (Å²) in [5.74, 6) is 0.413. The van der Waals surface area contributed by atoms with Crippen LogP contribution in [-0.2, 0) is 6.54 Å². The molecule has 1 aliphatic rings. The van der Waals surface area contributed by atoms with Crippen LogP contribution < -0.4 is 0 Å². The van der Waals surface area contributed by atoms with Crippen molar-refractivity contribution in [3.05, 3.63) is 46.2 Å². The minimum atomic E-state index is 0.413. The van der Waals surface area contributed by atoms with Gasteiger partial charge in [-0.05, 0) is 30.5 Å². The summed E-state index contributed by atoms with van der Waals surface area (Å²) in [6.07, 6.45) is 5.99. The van der Waals surface area contributed by atoms with Gasteiger partial charge in [0.1, 0.15) is 6.07 Å². The first kappa shape index (κ1) is 14.1. The standard InChI is InChI=1S/C16H17ClN4/c17-14-8-6-12(7-9-14)11-21-16(15(10-18)19-20-21)13-4-2-1-3-5-13/h6-9,13H,1-5,11H2. The van der Waals surface area contributed by atoms with Crippen LogP contribution >= 0.6 is 11.6 Å². The van der Waals surface area contributed by atoms with Gasteiger partial charge in [0.15, 0.2) is 5.69 Å². The molecule has 2 aromatic rings. The molecule has 0 spiro atoms. The normalized spacial score (nSPS) is 15.8. The molecule has 0 atom stereocenters. The summed E-state index contributed by atoms with van der Waals surface area (Å²) in [6.45, 7) is 0.637. The van der Waals surface area contributed by atoms with Crippen LogP contribution in [0.5, 0.6) is 0 Å². The molecule has 21 heavy (non-hydrogen) atoms. The Balaban J connectivity index is 1.89. The van der Waals surface area contributed by atoms with E-state index in [-0.39, 0.29) is 0 Å². The van der Waals surface area contributed by atoms with E-state index in [1.165, 1.54) is 19.3 Å². The average Bonchev–Trinajstić information content (AvgIpc) is 2.93. The fraction of sp³-hybridized carbons (Fsp3) is 0.438. The Kier molecular flexibility index (Phi) is 4.21. The zero-order valence-corrected chi connectivity index (χ0v) is 12.6. The summed E-state index contributed by atoms with van der Waals surface area (Å²) < 4.78 is 1.89. The molecule has 1 saturated carbocycles. The average molecular weight is 301 g/mol. The number of hydrogen-bond donors (Lipinski definition) is 0. The fourth-order valence-electron chi connectivity index (χ4n) is 3.06. The van der Waals surface area contributed by atoms with Crippen molar-refractivity contribution >= 4 is 11.6 Å². The molecule has 108 valence electrons. The number of halogens is 1. The topological polar surface area (TPSA) is 54.5 Å². The Hall–Kier alpha value is -1.86. The van der Waals surface area contributed by atoms with Gasteiger partial charge in [-0.15, -0.1) is 5.10 Å². The highest BCUT2D eigenvalue weighted by Gasteiger charge is 2.24. The Morgan fingerprint density at radius 1 is 1.19 bits per heavy atom. The molecule has 3 rings (SSSR count). The lowest BCUT2D eigenvalue weighted by molar-refractivity contribution is 0.419. The number of hydrogen-bond acceptors (Lipinski definition) is 3. The van der Waals surface area contributed by atoms with Crippen molar-refractivity contribution in [2.24, 2.45) is 0 Å². The maximum absolute atomic E-state index is 9.28. The predicted molar refractivity (Wildman–Crippen MR) is 81.1 cm³/mol. The summed E-state index contributed by atoms with van der Waals surface area (Å²) in [5.41, 5.74) is 2.61. The van der Waals surface area contributed by atoms with E-state index in [4.69, 9.17) is 11.6 Å². The fourth-order valence-corrected chi connectivity index (χ4v) is 3.19. The molecular formula is C16H17ClN4. The lowest BCUT2D eigenvalue weighted by Crippen LogP contribution is -2.14. The van der Waals surface area contributed by atoms with Crippen molar-refractivity contribution in [2.75, 3.05) is 0 Å². The van der Waals surface area contributed by atoms with E-state index in [9.17, 15) is 5.26 Å². The molecule has 0 saturated heterocycles. The van der Waals surface area contributed by atoms with Crippen LogP contribution in [0.15, 0.2) is 24.3 Å². The second-order valence-electron chi connectivity index (χ2n) is 5.55. The summed E-state index contributed by atoms with van der Waals surface area (Å²) >= 11 is 5.92. The van der Waals surface area contributed by atoms with Crippen LogP contribution in [0.1, 0.15) is 55.0 Å². The van der Waals surface area contributed by atoms with Crippen molar-refractivity contribution in [1.82, 2.24) is 15.0 Å². The van der Waals surface area contributed by atoms with Gasteiger partial charge in [-0.2, -0.15) is 5.26 Å². The quantitative estimate of drug-likeness (QED) is 0.864. The van der Waals surface area contributed by atoms with Crippen LogP contribution in [0, 0.1) is 11.3 Å². The van der Waals surface area contributed by atoms with E-state index in [2.05, 4.69) is 16.4 Å². The third kappa shape index (κ3) is 3.08. The van der Waals surface area contributed by atoms with E-state index in [0.717, 1.165) is 29.1 Å². The minimum absolute atomic E-state index is 0.413. The molecule has 5 heteroatoms. The highest BCUT2D eigenvalue weighted by atomic mass is 35.5. The van der Waals surface area contributed by atoms with Gasteiger partial charge in [0.25, 0.3) is 0 Å². The van der Waals surface area contributed by atoms with Crippen LogP contribution in [0.25, 0.3) is 0 Å². The van der Waals surface area contributed by atoms with Crippen molar-refractivity contribution < 1.29 is 0 Å². The first-order chi connectivity index (χ1) is 10.3. The maximum atomic E-state index is 9.28. The number of rotatable bonds is 3. The van der Waals surface area contributed by atoms with Gasteiger partial charge in [0, 0.05) is 10.9 Å². The van der Waals surface area contributed by atoms with Gasteiger partial charge in [0.05, 0.1) is 12.2 Å². The van der Waals surface area contributed by atoms with Gasteiger partial charge >= 0.3 is 0 Å². The van der Waals surface area contributed by atoms with Crippen LogP contribution in [-0.4, -0.2) is 15.0 Å². The Labute approximate surface area is 129 Å². The highest BCUT2D eigenvalue weighted by molar-refractivity contribution is 6.30. The third-order valence-corrected chi connectivity index (χ3v) is 4.37. The van der Waals surface area contributed by atoms with Gasteiger partial charge in [0.2, 0.25) is 0 Å². The van der Waals surface area contributed by atoms with E-state index in [1.54, 1.807) is 0 Å². The molecule has 0 aliphatic heterocycles. The van der Waals surface area contributed by atoms with Gasteiger partial charge in [-0.1, -0.05) is 48.2 Å². The molecule has 1 fully saturated rings. The predicted octanol–water partition coefficient (Wildman–Crippen LogP) is 3.90. The molecule has 0 N–H and O–H groups in total. The molecule has 0 amide bonds. The van der Waals surface area contributed by atoms with Crippen LogP contribution in [0.3, 0.4) is 0 Å². The first-order valence-electron chi connectivity index (χ1n) is 7.36. The maximum Gasteiger partial charge on any atom is 0.186 e. The number of aromatic nitrogens is 3. The molecular weight excluding hydrogens is 284 g/mol. The largest absolute Gasteiger partial charge is 0.243 e. The molecule has 0 unspecified atom stereocenters. The molecule has 0 radical (unpaired) electrons. The van der Waals surface area contributed by atoms with Crippen molar-refractivity contribution in [1.29, 1.82) is 5.26 Å². The van der Waals surface area contributed by atoms with Crippen molar-refractivity contribution in [3.63, 3.8) is 0 Å². The summed E-state index contributed by atoms with van der Waals surface area (Å²) in [4.78, 5) is 0. The smallest absolute Gasteiger partial charge is 0.186 e. The monoisotopic (exact) mass is 300 g/mol. The van der Waals surface area contributed by atoms with Gasteiger partial charge < -0.3 is 0 Å². The van der Waals surface area contributed by atoms with Crippen molar-refractivity contribution in [3.8, 4) is 6.07 Å². The van der Waals surface area contributed by atoms with Crippen LogP contribution in [0.2, 0.25) is 5.02 Å². The molecule has 0 bridgehead atoms. The first-order valence-corrected chi connectivity index (χ1v) is 7.73. The third-order valence-electron chi connectivity index (χ3n) is 4.12. The van der Waals surface area contributed by atoms with E-state index < -0.39 is 0 Å². The molecule has 1 aromatic carbocycles. The molecule has 1 aromatic heterocycles.